The Hall–Kier alpha value is -1.27. The minimum absolute atomic E-state index is 0.00997. The normalized spacial score (nSPS) is 20.9. The van der Waals surface area contributed by atoms with Crippen LogP contribution in [0.3, 0.4) is 0 Å². The number of rotatable bonds is 3. The lowest BCUT2D eigenvalue weighted by Crippen LogP contribution is -2.42. The van der Waals surface area contributed by atoms with Crippen LogP contribution < -0.4 is 4.72 Å². The molecule has 0 aliphatic carbocycles. The summed E-state index contributed by atoms with van der Waals surface area (Å²) in [6.07, 6.45) is 1.93. The minimum atomic E-state index is -3.60. The highest BCUT2D eigenvalue weighted by atomic mass is 32.2. The van der Waals surface area contributed by atoms with E-state index in [1.165, 1.54) is 4.31 Å². The van der Waals surface area contributed by atoms with Gasteiger partial charge in [0.2, 0.25) is 0 Å². The summed E-state index contributed by atoms with van der Waals surface area (Å²) in [5.41, 5.74) is 1.82. The van der Waals surface area contributed by atoms with Gasteiger partial charge >= 0.3 is 10.2 Å². The SMILES string of the molecule is Cc1cc(C)c(O)c(NS(=O)(=O)N2CCCC(C)C2)c1. The Labute approximate surface area is 120 Å². The van der Waals surface area contributed by atoms with E-state index >= 15 is 0 Å². The Bertz CT molecular complexity index is 599. The zero-order chi connectivity index (χ0) is 14.9. The van der Waals surface area contributed by atoms with Crippen LogP contribution in [0, 0.1) is 19.8 Å². The summed E-state index contributed by atoms with van der Waals surface area (Å²) >= 11 is 0. The monoisotopic (exact) mass is 298 g/mol. The minimum Gasteiger partial charge on any atom is -0.505 e. The number of piperidine rings is 1. The summed E-state index contributed by atoms with van der Waals surface area (Å²) in [7, 11) is -3.60. The van der Waals surface area contributed by atoms with Gasteiger partial charge in [-0.2, -0.15) is 12.7 Å². The van der Waals surface area contributed by atoms with Crippen molar-refractivity contribution >= 4 is 15.9 Å². The summed E-state index contributed by atoms with van der Waals surface area (Å²) in [5, 5.41) is 9.99. The van der Waals surface area contributed by atoms with Crippen molar-refractivity contribution < 1.29 is 13.5 Å². The van der Waals surface area contributed by atoms with E-state index in [-0.39, 0.29) is 11.4 Å². The highest BCUT2D eigenvalue weighted by molar-refractivity contribution is 7.90. The highest BCUT2D eigenvalue weighted by Crippen LogP contribution is 2.30. The molecule has 5 nitrogen and oxygen atoms in total. The van der Waals surface area contributed by atoms with Gasteiger partial charge in [-0.25, -0.2) is 0 Å². The maximum absolute atomic E-state index is 12.4. The first kappa shape index (κ1) is 15.1. The predicted molar refractivity (Wildman–Crippen MR) is 80.1 cm³/mol. The van der Waals surface area contributed by atoms with E-state index in [1.807, 2.05) is 13.0 Å². The van der Waals surface area contributed by atoms with Gasteiger partial charge < -0.3 is 5.11 Å². The predicted octanol–water partition coefficient (Wildman–Crippen LogP) is 2.40. The van der Waals surface area contributed by atoms with Gasteiger partial charge in [0.25, 0.3) is 0 Å². The van der Waals surface area contributed by atoms with Gasteiger partial charge in [-0.3, -0.25) is 4.72 Å². The number of phenolic OH excluding ortho intramolecular Hbond substituents is 1. The molecule has 2 rings (SSSR count). The lowest BCUT2D eigenvalue weighted by molar-refractivity contribution is 0.282. The summed E-state index contributed by atoms with van der Waals surface area (Å²) in [6.45, 7) is 6.73. The highest BCUT2D eigenvalue weighted by Gasteiger charge is 2.27. The third-order valence-corrected chi connectivity index (χ3v) is 5.13. The van der Waals surface area contributed by atoms with E-state index in [0.29, 0.717) is 24.6 Å². The first-order valence-corrected chi connectivity index (χ1v) is 8.31. The maximum Gasteiger partial charge on any atom is 0.301 e. The molecular formula is C14H22N2O3S. The maximum atomic E-state index is 12.4. The van der Waals surface area contributed by atoms with Crippen molar-refractivity contribution in [2.24, 2.45) is 5.92 Å². The third-order valence-electron chi connectivity index (χ3n) is 3.64. The molecule has 6 heteroatoms. The fourth-order valence-corrected chi connectivity index (χ4v) is 3.99. The van der Waals surface area contributed by atoms with E-state index in [0.717, 1.165) is 18.4 Å². The van der Waals surface area contributed by atoms with Crippen molar-refractivity contribution in [1.82, 2.24) is 4.31 Å². The number of hydrogen-bond acceptors (Lipinski definition) is 3. The number of benzene rings is 1. The molecule has 1 aliphatic rings. The molecule has 1 unspecified atom stereocenters. The smallest absolute Gasteiger partial charge is 0.301 e. The molecule has 0 aromatic heterocycles. The molecule has 2 N–H and O–H groups in total. The number of aromatic hydroxyl groups is 1. The molecule has 112 valence electrons. The van der Waals surface area contributed by atoms with Crippen molar-refractivity contribution in [3.63, 3.8) is 0 Å². The van der Waals surface area contributed by atoms with Crippen molar-refractivity contribution in [2.75, 3.05) is 17.8 Å². The molecule has 1 atom stereocenters. The number of aryl methyl sites for hydroxylation is 2. The lowest BCUT2D eigenvalue weighted by atomic mass is 10.0. The molecule has 1 aromatic rings. The van der Waals surface area contributed by atoms with Crippen molar-refractivity contribution in [1.29, 1.82) is 0 Å². The number of nitrogens with zero attached hydrogens (tertiary/aromatic N) is 1. The first-order valence-electron chi connectivity index (χ1n) is 6.87. The summed E-state index contributed by atoms with van der Waals surface area (Å²) in [6, 6.07) is 3.46. The van der Waals surface area contributed by atoms with Crippen LogP contribution in [-0.4, -0.2) is 30.9 Å². The van der Waals surface area contributed by atoms with E-state index < -0.39 is 10.2 Å². The Morgan fingerprint density at radius 2 is 2.05 bits per heavy atom. The van der Waals surface area contributed by atoms with Crippen LogP contribution in [0.15, 0.2) is 12.1 Å². The van der Waals surface area contributed by atoms with Crippen LogP contribution >= 0.6 is 0 Å². The molecule has 20 heavy (non-hydrogen) atoms. The van der Waals surface area contributed by atoms with Crippen LogP contribution in [0.4, 0.5) is 5.69 Å². The topological polar surface area (TPSA) is 69.6 Å². The molecule has 0 radical (unpaired) electrons. The Morgan fingerprint density at radius 1 is 1.35 bits per heavy atom. The molecule has 0 bridgehead atoms. The zero-order valence-corrected chi connectivity index (χ0v) is 13.0. The first-order chi connectivity index (χ1) is 9.29. The van der Waals surface area contributed by atoms with Crippen LogP contribution in [0.1, 0.15) is 30.9 Å². The number of nitrogens with one attached hydrogen (secondary N) is 1. The third kappa shape index (κ3) is 3.24. The second-order valence-electron chi connectivity index (χ2n) is 5.69. The number of phenols is 1. The van der Waals surface area contributed by atoms with Crippen LogP contribution in [0.25, 0.3) is 0 Å². The van der Waals surface area contributed by atoms with Gasteiger partial charge in [0.15, 0.2) is 0 Å². The average Bonchev–Trinajstić information content (AvgIpc) is 2.35. The second kappa shape index (κ2) is 5.61. The van der Waals surface area contributed by atoms with Gasteiger partial charge in [-0.05, 0) is 49.8 Å². The van der Waals surface area contributed by atoms with Gasteiger partial charge in [0.1, 0.15) is 5.75 Å². The molecule has 1 aliphatic heterocycles. The average molecular weight is 298 g/mol. The fraction of sp³-hybridized carbons (Fsp3) is 0.571. The van der Waals surface area contributed by atoms with E-state index in [9.17, 15) is 13.5 Å². The molecule has 0 amide bonds. The molecule has 1 aromatic carbocycles. The zero-order valence-electron chi connectivity index (χ0n) is 12.2. The lowest BCUT2D eigenvalue weighted by Gasteiger charge is -2.30. The Morgan fingerprint density at radius 3 is 2.70 bits per heavy atom. The summed E-state index contributed by atoms with van der Waals surface area (Å²) in [5.74, 6) is 0.359. The summed E-state index contributed by atoms with van der Waals surface area (Å²) < 4.78 is 28.7. The standard InChI is InChI=1S/C14H22N2O3S/c1-10-5-4-6-16(9-10)20(18,19)15-13-8-11(2)7-12(3)14(13)17/h7-8,10,15,17H,4-6,9H2,1-3H3. The molecule has 1 heterocycles. The quantitative estimate of drug-likeness (QED) is 0.842. The fourth-order valence-electron chi connectivity index (χ4n) is 2.61. The van der Waals surface area contributed by atoms with Crippen molar-refractivity contribution in [2.45, 2.75) is 33.6 Å². The van der Waals surface area contributed by atoms with Crippen LogP contribution in [0.2, 0.25) is 0 Å². The largest absolute Gasteiger partial charge is 0.505 e. The molecular weight excluding hydrogens is 276 g/mol. The van der Waals surface area contributed by atoms with E-state index in [4.69, 9.17) is 0 Å². The van der Waals surface area contributed by atoms with Crippen molar-refractivity contribution in [3.8, 4) is 5.75 Å². The van der Waals surface area contributed by atoms with E-state index in [2.05, 4.69) is 11.6 Å². The van der Waals surface area contributed by atoms with Gasteiger partial charge in [-0.1, -0.05) is 13.0 Å². The van der Waals surface area contributed by atoms with Gasteiger partial charge in [0, 0.05) is 13.1 Å². The Kier molecular flexibility index (Phi) is 4.25. The van der Waals surface area contributed by atoms with Crippen LogP contribution in [0.5, 0.6) is 5.75 Å². The molecule has 0 spiro atoms. The molecule has 1 fully saturated rings. The van der Waals surface area contributed by atoms with Gasteiger partial charge in [0.05, 0.1) is 5.69 Å². The summed E-state index contributed by atoms with van der Waals surface area (Å²) in [4.78, 5) is 0. The van der Waals surface area contributed by atoms with Crippen molar-refractivity contribution in [3.05, 3.63) is 23.3 Å². The number of hydrogen-bond donors (Lipinski definition) is 2. The second-order valence-corrected chi connectivity index (χ2v) is 7.36. The molecule has 1 saturated heterocycles. The Balaban J connectivity index is 2.24. The van der Waals surface area contributed by atoms with Gasteiger partial charge in [-0.15, -0.1) is 0 Å². The van der Waals surface area contributed by atoms with E-state index in [1.54, 1.807) is 13.0 Å². The molecule has 0 saturated carbocycles. The number of anilines is 1. The van der Waals surface area contributed by atoms with Crippen LogP contribution in [-0.2, 0) is 10.2 Å².